The van der Waals surface area contributed by atoms with E-state index in [0.717, 1.165) is 34.1 Å². The first-order valence-corrected chi connectivity index (χ1v) is 8.23. The van der Waals surface area contributed by atoms with Crippen LogP contribution in [0.5, 0.6) is 0 Å². The van der Waals surface area contributed by atoms with Gasteiger partial charge in [-0.15, -0.1) is 0 Å². The third-order valence-electron chi connectivity index (χ3n) is 4.76. The number of fused-ring (bicyclic) bond motifs is 1. The van der Waals surface area contributed by atoms with E-state index in [0.29, 0.717) is 12.0 Å². The lowest BCUT2D eigenvalue weighted by Gasteiger charge is -2.29. The van der Waals surface area contributed by atoms with Gasteiger partial charge in [-0.3, -0.25) is 9.78 Å². The summed E-state index contributed by atoms with van der Waals surface area (Å²) in [5, 5.41) is 4.21. The van der Waals surface area contributed by atoms with Crippen LogP contribution in [-0.2, 0) is 0 Å². The van der Waals surface area contributed by atoms with E-state index in [4.69, 9.17) is 0 Å². The summed E-state index contributed by atoms with van der Waals surface area (Å²) < 4.78 is 0. The number of carbonyl (C=O) groups excluding carboxylic acids is 1. The average Bonchev–Trinajstić information content (AvgIpc) is 2.49. The van der Waals surface area contributed by atoms with Crippen molar-refractivity contribution < 1.29 is 4.79 Å². The number of hydrogen-bond donors (Lipinski definition) is 1. The second-order valence-electron chi connectivity index (χ2n) is 6.67. The quantitative estimate of drug-likeness (QED) is 0.904. The van der Waals surface area contributed by atoms with Crippen LogP contribution in [0.15, 0.2) is 24.3 Å². The van der Waals surface area contributed by atoms with Crippen molar-refractivity contribution in [2.75, 3.05) is 0 Å². The van der Waals surface area contributed by atoms with Crippen molar-refractivity contribution in [2.45, 2.75) is 52.5 Å². The summed E-state index contributed by atoms with van der Waals surface area (Å²) in [5.41, 5.74) is 3.69. The molecule has 0 bridgehead atoms. The van der Waals surface area contributed by atoms with Gasteiger partial charge in [-0.1, -0.05) is 31.4 Å². The molecule has 0 aliphatic heterocycles. The molecule has 1 heterocycles. The molecule has 1 N–H and O–H groups in total. The lowest BCUT2D eigenvalue weighted by atomic mass is 9.86. The fourth-order valence-electron chi connectivity index (χ4n) is 3.44. The van der Waals surface area contributed by atoms with Gasteiger partial charge in [0.2, 0.25) is 0 Å². The third kappa shape index (κ3) is 2.99. The van der Waals surface area contributed by atoms with Crippen LogP contribution in [0, 0.1) is 19.8 Å². The van der Waals surface area contributed by atoms with Crippen molar-refractivity contribution in [3.8, 4) is 0 Å². The van der Waals surface area contributed by atoms with Crippen LogP contribution in [0.4, 0.5) is 0 Å². The maximum absolute atomic E-state index is 12.8. The largest absolute Gasteiger partial charge is 0.349 e. The molecule has 1 amide bonds. The summed E-state index contributed by atoms with van der Waals surface area (Å²) in [6, 6.07) is 8.30. The van der Waals surface area contributed by atoms with Gasteiger partial charge in [0.25, 0.3) is 5.91 Å². The summed E-state index contributed by atoms with van der Waals surface area (Å²) in [5.74, 6) is 0.605. The highest BCUT2D eigenvalue weighted by Crippen LogP contribution is 2.25. The number of carbonyl (C=O) groups is 1. The highest BCUT2D eigenvalue weighted by atomic mass is 16.1. The van der Waals surface area contributed by atoms with Crippen LogP contribution in [0.25, 0.3) is 10.9 Å². The Balaban J connectivity index is 1.94. The summed E-state index contributed by atoms with van der Waals surface area (Å²) in [6.07, 6.45) is 4.79. The van der Waals surface area contributed by atoms with Gasteiger partial charge in [-0.25, -0.2) is 0 Å². The molecule has 1 aliphatic rings. The molecule has 116 valence electrons. The molecule has 0 radical (unpaired) electrons. The minimum atomic E-state index is 0.0415. The number of aryl methyl sites for hydroxylation is 2. The highest BCUT2D eigenvalue weighted by molar-refractivity contribution is 6.06. The zero-order valence-electron chi connectivity index (χ0n) is 13.6. The fourth-order valence-corrected chi connectivity index (χ4v) is 3.44. The number of pyridine rings is 1. The SMILES string of the molecule is Cc1ccc2nc(C)cc(C(=O)N[C@@H]3CCCC[C@@H]3C)c2c1. The molecule has 1 aromatic carbocycles. The summed E-state index contributed by atoms with van der Waals surface area (Å²) in [4.78, 5) is 17.3. The van der Waals surface area contributed by atoms with Crippen molar-refractivity contribution in [3.63, 3.8) is 0 Å². The molecule has 0 saturated heterocycles. The Labute approximate surface area is 132 Å². The van der Waals surface area contributed by atoms with Gasteiger partial charge in [-0.05, 0) is 50.8 Å². The molecular formula is C19H24N2O. The van der Waals surface area contributed by atoms with E-state index in [9.17, 15) is 4.79 Å². The van der Waals surface area contributed by atoms with Crippen LogP contribution in [-0.4, -0.2) is 16.9 Å². The molecule has 3 heteroatoms. The average molecular weight is 296 g/mol. The number of nitrogens with one attached hydrogen (secondary N) is 1. The van der Waals surface area contributed by atoms with Crippen molar-refractivity contribution in [3.05, 3.63) is 41.1 Å². The van der Waals surface area contributed by atoms with E-state index < -0.39 is 0 Å². The predicted octanol–water partition coefficient (Wildman–Crippen LogP) is 4.16. The zero-order valence-corrected chi connectivity index (χ0v) is 13.6. The van der Waals surface area contributed by atoms with E-state index in [1.165, 1.54) is 19.3 Å². The topological polar surface area (TPSA) is 42.0 Å². The highest BCUT2D eigenvalue weighted by Gasteiger charge is 2.24. The normalized spacial score (nSPS) is 21.8. The number of amides is 1. The van der Waals surface area contributed by atoms with Gasteiger partial charge < -0.3 is 5.32 Å². The molecule has 1 fully saturated rings. The Kier molecular flexibility index (Phi) is 4.14. The molecule has 22 heavy (non-hydrogen) atoms. The van der Waals surface area contributed by atoms with E-state index in [2.05, 4.69) is 23.3 Å². The molecule has 1 aliphatic carbocycles. The number of benzene rings is 1. The monoisotopic (exact) mass is 296 g/mol. The lowest BCUT2D eigenvalue weighted by molar-refractivity contribution is 0.0912. The summed E-state index contributed by atoms with van der Waals surface area (Å²) in [7, 11) is 0. The van der Waals surface area contributed by atoms with E-state index in [1.807, 2.05) is 32.0 Å². The minimum Gasteiger partial charge on any atom is -0.349 e. The maximum Gasteiger partial charge on any atom is 0.252 e. The molecule has 1 aromatic heterocycles. The van der Waals surface area contributed by atoms with Crippen molar-refractivity contribution in [2.24, 2.45) is 5.92 Å². The molecule has 3 nitrogen and oxygen atoms in total. The van der Waals surface area contributed by atoms with E-state index in [-0.39, 0.29) is 5.91 Å². The van der Waals surface area contributed by atoms with Crippen LogP contribution < -0.4 is 5.32 Å². The third-order valence-corrected chi connectivity index (χ3v) is 4.76. The molecule has 0 spiro atoms. The summed E-state index contributed by atoms with van der Waals surface area (Å²) in [6.45, 7) is 6.23. The fraction of sp³-hybridized carbons (Fsp3) is 0.474. The van der Waals surface area contributed by atoms with Gasteiger partial charge in [0.1, 0.15) is 0 Å². The standard InChI is InChI=1S/C19H24N2O/c1-12-8-9-18-15(10-12)16(11-14(3)20-18)19(22)21-17-7-5-4-6-13(17)2/h8-11,13,17H,4-7H2,1-3H3,(H,21,22)/t13-,17+/m0/s1. The second-order valence-corrected chi connectivity index (χ2v) is 6.67. The number of nitrogens with zero attached hydrogens (tertiary/aromatic N) is 1. The van der Waals surface area contributed by atoms with Crippen molar-refractivity contribution in [1.82, 2.24) is 10.3 Å². The Bertz CT molecular complexity index is 708. The molecule has 3 rings (SSSR count). The van der Waals surface area contributed by atoms with Gasteiger partial charge in [0.05, 0.1) is 11.1 Å². The Morgan fingerprint density at radius 1 is 1.18 bits per heavy atom. The van der Waals surface area contributed by atoms with Gasteiger partial charge >= 0.3 is 0 Å². The molecular weight excluding hydrogens is 272 g/mol. The molecule has 1 saturated carbocycles. The smallest absolute Gasteiger partial charge is 0.252 e. The second kappa shape index (κ2) is 6.07. The Morgan fingerprint density at radius 3 is 2.73 bits per heavy atom. The van der Waals surface area contributed by atoms with Crippen LogP contribution >= 0.6 is 0 Å². The van der Waals surface area contributed by atoms with Crippen molar-refractivity contribution in [1.29, 1.82) is 0 Å². The predicted molar refractivity (Wildman–Crippen MR) is 90.1 cm³/mol. The molecule has 0 unspecified atom stereocenters. The number of rotatable bonds is 2. The number of hydrogen-bond acceptors (Lipinski definition) is 2. The van der Waals surface area contributed by atoms with Crippen molar-refractivity contribution >= 4 is 16.8 Å². The summed E-state index contributed by atoms with van der Waals surface area (Å²) >= 11 is 0. The first-order valence-electron chi connectivity index (χ1n) is 8.23. The van der Waals surface area contributed by atoms with Crippen LogP contribution in [0.2, 0.25) is 0 Å². The van der Waals surface area contributed by atoms with Gasteiger partial charge in [0.15, 0.2) is 0 Å². The van der Waals surface area contributed by atoms with Gasteiger partial charge in [-0.2, -0.15) is 0 Å². The van der Waals surface area contributed by atoms with Crippen LogP contribution in [0.3, 0.4) is 0 Å². The van der Waals surface area contributed by atoms with E-state index in [1.54, 1.807) is 0 Å². The Morgan fingerprint density at radius 2 is 1.95 bits per heavy atom. The first kappa shape index (κ1) is 15.0. The zero-order chi connectivity index (χ0) is 15.7. The first-order chi connectivity index (χ1) is 10.5. The minimum absolute atomic E-state index is 0.0415. The van der Waals surface area contributed by atoms with Gasteiger partial charge in [0, 0.05) is 17.1 Å². The Hall–Kier alpha value is -1.90. The molecule has 2 atom stereocenters. The maximum atomic E-state index is 12.8. The molecule has 2 aromatic rings. The van der Waals surface area contributed by atoms with E-state index >= 15 is 0 Å². The number of aromatic nitrogens is 1. The lowest BCUT2D eigenvalue weighted by Crippen LogP contribution is -2.41. The van der Waals surface area contributed by atoms with Crippen LogP contribution in [0.1, 0.15) is 54.2 Å².